The molecule has 0 aliphatic carbocycles. The monoisotopic (exact) mass is 348 g/mol. The van der Waals surface area contributed by atoms with Gasteiger partial charge in [-0.25, -0.2) is 4.98 Å². The van der Waals surface area contributed by atoms with Crippen LogP contribution in [0.4, 0.5) is 0 Å². The number of benzene rings is 2. The van der Waals surface area contributed by atoms with Crippen LogP contribution in [0, 0.1) is 0 Å². The van der Waals surface area contributed by atoms with Crippen LogP contribution in [0.15, 0.2) is 78.4 Å². The van der Waals surface area contributed by atoms with E-state index in [0.717, 1.165) is 30.0 Å². The molecule has 0 aliphatic rings. The smallest absolute Gasteiger partial charge is 0.168 e. The molecule has 0 N–H and O–H groups in total. The predicted octanol–water partition coefficient (Wildman–Crippen LogP) is 3.67. The highest BCUT2D eigenvalue weighted by Gasteiger charge is 2.13. The fourth-order valence-corrected chi connectivity index (χ4v) is 2.70. The SMILES string of the molecule is CN(C)/N=C(/c1ccccc1OCCCc1ccccc1)n1ccnc1. The molecule has 5 heteroatoms. The Morgan fingerprint density at radius 1 is 1.08 bits per heavy atom. The highest BCUT2D eigenvalue weighted by atomic mass is 16.5. The summed E-state index contributed by atoms with van der Waals surface area (Å²) in [5, 5.41) is 6.40. The Labute approximate surface area is 154 Å². The van der Waals surface area contributed by atoms with E-state index in [2.05, 4.69) is 34.4 Å². The summed E-state index contributed by atoms with van der Waals surface area (Å²) < 4.78 is 7.98. The van der Waals surface area contributed by atoms with Crippen LogP contribution < -0.4 is 4.74 Å². The Balaban J connectivity index is 1.72. The molecule has 0 spiro atoms. The molecule has 26 heavy (non-hydrogen) atoms. The van der Waals surface area contributed by atoms with Crippen molar-refractivity contribution in [2.45, 2.75) is 12.8 Å². The summed E-state index contributed by atoms with van der Waals surface area (Å²) in [6.07, 6.45) is 7.34. The zero-order valence-electron chi connectivity index (χ0n) is 15.2. The lowest BCUT2D eigenvalue weighted by Gasteiger charge is -2.16. The van der Waals surface area contributed by atoms with Crippen molar-refractivity contribution >= 4 is 5.84 Å². The number of hydrogen-bond acceptors (Lipinski definition) is 4. The van der Waals surface area contributed by atoms with Crippen LogP contribution in [0.5, 0.6) is 5.75 Å². The standard InChI is InChI=1S/C21H24N4O/c1-24(2)23-21(25-15-14-22-17-25)19-12-6-7-13-20(19)26-16-8-11-18-9-4-3-5-10-18/h3-7,9-10,12-15,17H,8,11,16H2,1-2H3/b23-21-. The molecule has 0 saturated carbocycles. The molecule has 5 nitrogen and oxygen atoms in total. The van der Waals surface area contributed by atoms with Crippen LogP contribution in [-0.4, -0.2) is 41.1 Å². The first-order valence-corrected chi connectivity index (χ1v) is 8.74. The lowest BCUT2D eigenvalue weighted by atomic mass is 10.1. The van der Waals surface area contributed by atoms with E-state index in [1.54, 1.807) is 17.5 Å². The van der Waals surface area contributed by atoms with Gasteiger partial charge in [-0.05, 0) is 30.5 Å². The molecule has 0 aliphatic heterocycles. The van der Waals surface area contributed by atoms with Gasteiger partial charge in [-0.3, -0.25) is 4.57 Å². The third-order valence-electron chi connectivity index (χ3n) is 3.88. The van der Waals surface area contributed by atoms with Crippen LogP contribution >= 0.6 is 0 Å². The van der Waals surface area contributed by atoms with Crippen LogP contribution in [0.2, 0.25) is 0 Å². The minimum absolute atomic E-state index is 0.658. The first-order valence-electron chi connectivity index (χ1n) is 8.74. The molecule has 0 fully saturated rings. The lowest BCUT2D eigenvalue weighted by molar-refractivity contribution is 0.310. The Bertz CT molecular complexity index is 826. The van der Waals surface area contributed by atoms with Gasteiger partial charge in [-0.15, -0.1) is 0 Å². The average Bonchev–Trinajstić information content (AvgIpc) is 3.19. The minimum atomic E-state index is 0.658. The minimum Gasteiger partial charge on any atom is -0.493 e. The summed E-state index contributed by atoms with van der Waals surface area (Å²) in [5.74, 6) is 1.61. The third-order valence-corrected chi connectivity index (χ3v) is 3.88. The van der Waals surface area contributed by atoms with Crippen molar-refractivity contribution in [3.05, 3.63) is 84.4 Å². The summed E-state index contributed by atoms with van der Waals surface area (Å²) in [4.78, 5) is 4.14. The summed E-state index contributed by atoms with van der Waals surface area (Å²) in [6, 6.07) is 18.5. The molecule has 0 radical (unpaired) electrons. The lowest BCUT2D eigenvalue weighted by Crippen LogP contribution is -2.18. The summed E-state index contributed by atoms with van der Waals surface area (Å²) in [5.41, 5.74) is 2.27. The number of hydrazone groups is 1. The molecule has 0 unspecified atom stereocenters. The number of para-hydroxylation sites is 1. The molecule has 0 bridgehead atoms. The topological polar surface area (TPSA) is 42.6 Å². The number of aryl methyl sites for hydroxylation is 1. The predicted molar refractivity (Wildman–Crippen MR) is 105 cm³/mol. The van der Waals surface area contributed by atoms with Gasteiger partial charge in [-0.1, -0.05) is 42.5 Å². The van der Waals surface area contributed by atoms with Crippen LogP contribution in [0.3, 0.4) is 0 Å². The Morgan fingerprint density at radius 3 is 2.58 bits per heavy atom. The van der Waals surface area contributed by atoms with E-state index in [9.17, 15) is 0 Å². The fraction of sp³-hybridized carbons (Fsp3) is 0.238. The van der Waals surface area contributed by atoms with E-state index in [1.165, 1.54) is 5.56 Å². The maximum atomic E-state index is 6.09. The maximum absolute atomic E-state index is 6.09. The van der Waals surface area contributed by atoms with E-state index in [0.29, 0.717) is 6.61 Å². The van der Waals surface area contributed by atoms with E-state index < -0.39 is 0 Å². The summed E-state index contributed by atoms with van der Waals surface area (Å²) in [6.45, 7) is 0.658. The Kier molecular flexibility index (Phi) is 6.04. The number of ether oxygens (including phenoxy) is 1. The highest BCUT2D eigenvalue weighted by Crippen LogP contribution is 2.20. The third kappa shape index (κ3) is 4.72. The summed E-state index contributed by atoms with van der Waals surface area (Å²) in [7, 11) is 3.81. The average molecular weight is 348 g/mol. The van der Waals surface area contributed by atoms with Gasteiger partial charge < -0.3 is 9.75 Å². The normalized spacial score (nSPS) is 11.4. The number of aromatic nitrogens is 2. The second-order valence-corrected chi connectivity index (χ2v) is 6.17. The van der Waals surface area contributed by atoms with Gasteiger partial charge in [-0.2, -0.15) is 5.10 Å². The largest absolute Gasteiger partial charge is 0.493 e. The molecule has 0 amide bonds. The van der Waals surface area contributed by atoms with Gasteiger partial charge in [0.25, 0.3) is 0 Å². The first-order chi connectivity index (χ1) is 12.7. The zero-order valence-corrected chi connectivity index (χ0v) is 15.2. The van der Waals surface area contributed by atoms with E-state index >= 15 is 0 Å². The van der Waals surface area contributed by atoms with Crippen LogP contribution in [0.25, 0.3) is 0 Å². The Hall–Kier alpha value is -3.08. The number of imidazole rings is 1. The molecule has 3 aromatic rings. The first kappa shape index (κ1) is 17.7. The highest BCUT2D eigenvalue weighted by molar-refractivity contribution is 6.02. The Morgan fingerprint density at radius 2 is 1.85 bits per heavy atom. The molecule has 3 rings (SSSR count). The number of hydrogen-bond donors (Lipinski definition) is 0. The van der Waals surface area contributed by atoms with Crippen molar-refractivity contribution in [1.82, 2.24) is 14.6 Å². The van der Waals surface area contributed by atoms with Crippen molar-refractivity contribution in [3.8, 4) is 5.75 Å². The van der Waals surface area contributed by atoms with E-state index in [1.807, 2.05) is 55.2 Å². The molecule has 0 saturated heterocycles. The molecule has 134 valence electrons. The molecular formula is C21H24N4O. The van der Waals surface area contributed by atoms with Gasteiger partial charge in [0.2, 0.25) is 0 Å². The van der Waals surface area contributed by atoms with Crippen molar-refractivity contribution in [2.75, 3.05) is 20.7 Å². The van der Waals surface area contributed by atoms with Crippen LogP contribution in [-0.2, 0) is 6.42 Å². The summed E-state index contributed by atoms with van der Waals surface area (Å²) >= 11 is 0. The van der Waals surface area contributed by atoms with Gasteiger partial charge in [0.05, 0.1) is 12.2 Å². The fourth-order valence-electron chi connectivity index (χ4n) is 2.70. The maximum Gasteiger partial charge on any atom is 0.168 e. The number of rotatable bonds is 7. The zero-order chi connectivity index (χ0) is 18.2. The van der Waals surface area contributed by atoms with E-state index in [4.69, 9.17) is 4.74 Å². The van der Waals surface area contributed by atoms with Crippen LogP contribution in [0.1, 0.15) is 17.5 Å². The second kappa shape index (κ2) is 8.85. The van der Waals surface area contributed by atoms with Gasteiger partial charge in [0.1, 0.15) is 12.1 Å². The van der Waals surface area contributed by atoms with Gasteiger partial charge in [0.15, 0.2) is 5.84 Å². The molecule has 1 aromatic heterocycles. The number of nitrogens with zero attached hydrogens (tertiary/aromatic N) is 4. The van der Waals surface area contributed by atoms with Gasteiger partial charge in [0, 0.05) is 26.5 Å². The van der Waals surface area contributed by atoms with Crippen molar-refractivity contribution in [2.24, 2.45) is 5.10 Å². The van der Waals surface area contributed by atoms with Gasteiger partial charge >= 0.3 is 0 Å². The van der Waals surface area contributed by atoms with Crippen molar-refractivity contribution in [1.29, 1.82) is 0 Å². The van der Waals surface area contributed by atoms with Crippen molar-refractivity contribution < 1.29 is 4.74 Å². The molecule has 1 heterocycles. The van der Waals surface area contributed by atoms with E-state index in [-0.39, 0.29) is 0 Å². The van der Waals surface area contributed by atoms with Crippen molar-refractivity contribution in [3.63, 3.8) is 0 Å². The molecule has 2 aromatic carbocycles. The molecule has 0 atom stereocenters. The quantitative estimate of drug-likeness (QED) is 0.283. The second-order valence-electron chi connectivity index (χ2n) is 6.17. The molecular weight excluding hydrogens is 324 g/mol.